The van der Waals surface area contributed by atoms with Gasteiger partial charge in [0, 0.05) is 18.2 Å². The molecule has 1 aliphatic rings. The van der Waals surface area contributed by atoms with Crippen LogP contribution in [-0.2, 0) is 18.0 Å². The summed E-state index contributed by atoms with van der Waals surface area (Å²) in [5.41, 5.74) is 6.49. The minimum Gasteiger partial charge on any atom is -0.454 e. The third-order valence-corrected chi connectivity index (χ3v) is 3.45. The first-order valence-electron chi connectivity index (χ1n) is 7.90. The van der Waals surface area contributed by atoms with Crippen LogP contribution in [0, 0.1) is 0 Å². The van der Waals surface area contributed by atoms with E-state index in [1.54, 1.807) is 6.07 Å². The summed E-state index contributed by atoms with van der Waals surface area (Å²) in [6, 6.07) is 7.17. The summed E-state index contributed by atoms with van der Waals surface area (Å²) >= 11 is 0. The molecule has 0 unspecified atom stereocenters. The highest BCUT2D eigenvalue weighted by molar-refractivity contribution is 5.92. The summed E-state index contributed by atoms with van der Waals surface area (Å²) in [5, 5.41) is 6.45. The van der Waals surface area contributed by atoms with Gasteiger partial charge in [0.05, 0.1) is 6.61 Å². The first kappa shape index (κ1) is 17.2. The molecule has 0 spiro atoms. The Morgan fingerprint density at radius 1 is 1.28 bits per heavy atom. The highest BCUT2D eigenvalue weighted by Gasteiger charge is 2.17. The zero-order valence-electron chi connectivity index (χ0n) is 14.2. The summed E-state index contributed by atoms with van der Waals surface area (Å²) in [6.45, 7) is 4.81. The molecule has 0 bridgehead atoms. The van der Waals surface area contributed by atoms with Gasteiger partial charge in [0.25, 0.3) is 5.91 Å². The fourth-order valence-corrected chi connectivity index (χ4v) is 2.19. The van der Waals surface area contributed by atoms with Crippen molar-refractivity contribution in [2.24, 2.45) is 5.73 Å². The van der Waals surface area contributed by atoms with Gasteiger partial charge in [-0.3, -0.25) is 4.79 Å². The van der Waals surface area contributed by atoms with Crippen molar-refractivity contribution in [2.75, 3.05) is 13.3 Å². The molecule has 0 atom stereocenters. The van der Waals surface area contributed by atoms with Crippen LogP contribution in [0.25, 0.3) is 0 Å². The molecule has 2 aromatic rings. The van der Waals surface area contributed by atoms with Crippen molar-refractivity contribution in [3.8, 4) is 11.5 Å². The molecule has 2 heterocycles. The van der Waals surface area contributed by atoms with Crippen LogP contribution in [0.1, 0.15) is 35.7 Å². The predicted octanol–water partition coefficient (Wildman–Crippen LogP) is 1.59. The number of carbonyl (C=O) groups excluding carboxylic acids is 1. The van der Waals surface area contributed by atoms with E-state index in [0.717, 1.165) is 11.3 Å². The molecule has 0 radical (unpaired) electrons. The van der Waals surface area contributed by atoms with E-state index in [1.165, 1.54) is 0 Å². The van der Waals surface area contributed by atoms with Crippen LogP contribution in [0.2, 0.25) is 0 Å². The second-order valence-electron chi connectivity index (χ2n) is 6.53. The smallest absolute Gasteiger partial charge is 0.273 e. The molecular formula is C17H21N3O5. The van der Waals surface area contributed by atoms with Gasteiger partial charge in [-0.1, -0.05) is 11.2 Å². The van der Waals surface area contributed by atoms with Crippen molar-refractivity contribution < 1.29 is 23.5 Å². The monoisotopic (exact) mass is 347 g/mol. The number of nitrogens with two attached hydrogens (primary N) is 1. The van der Waals surface area contributed by atoms with E-state index in [-0.39, 0.29) is 25.0 Å². The number of aromatic nitrogens is 1. The van der Waals surface area contributed by atoms with Gasteiger partial charge in [-0.2, -0.15) is 0 Å². The Morgan fingerprint density at radius 2 is 2.08 bits per heavy atom. The van der Waals surface area contributed by atoms with Crippen molar-refractivity contribution in [3.05, 3.63) is 41.3 Å². The third-order valence-electron chi connectivity index (χ3n) is 3.45. The number of hydrogen-bond acceptors (Lipinski definition) is 7. The molecule has 3 rings (SSSR count). The van der Waals surface area contributed by atoms with Crippen molar-refractivity contribution in [3.63, 3.8) is 0 Å². The number of nitrogens with one attached hydrogen (secondary N) is 1. The van der Waals surface area contributed by atoms with E-state index in [0.29, 0.717) is 24.7 Å². The maximum atomic E-state index is 12.0. The van der Waals surface area contributed by atoms with Crippen molar-refractivity contribution in [2.45, 2.75) is 32.6 Å². The predicted molar refractivity (Wildman–Crippen MR) is 88.2 cm³/mol. The molecule has 1 aromatic heterocycles. The average molecular weight is 347 g/mol. The normalized spacial score (nSPS) is 13.1. The Hall–Kier alpha value is -2.58. The number of amides is 1. The molecule has 3 N–H and O–H groups in total. The zero-order valence-corrected chi connectivity index (χ0v) is 14.2. The molecule has 1 aromatic carbocycles. The van der Waals surface area contributed by atoms with Gasteiger partial charge in [0.1, 0.15) is 6.61 Å². The SMILES string of the molecule is CC(C)(N)CNC(=O)c1cc(COCc2ccc3c(c2)OCO3)on1. The molecule has 0 saturated heterocycles. The fraction of sp³-hybridized carbons (Fsp3) is 0.412. The lowest BCUT2D eigenvalue weighted by molar-refractivity contribution is 0.0876. The number of hydrogen-bond donors (Lipinski definition) is 2. The zero-order chi connectivity index (χ0) is 17.9. The quantitative estimate of drug-likeness (QED) is 0.783. The van der Waals surface area contributed by atoms with Crippen LogP contribution in [-0.4, -0.2) is 29.9 Å². The topological polar surface area (TPSA) is 109 Å². The molecule has 0 aliphatic carbocycles. The van der Waals surface area contributed by atoms with Crippen molar-refractivity contribution in [1.82, 2.24) is 10.5 Å². The summed E-state index contributed by atoms with van der Waals surface area (Å²) in [5.74, 6) is 1.58. The second kappa shape index (κ2) is 7.12. The van der Waals surface area contributed by atoms with E-state index < -0.39 is 5.54 Å². The third kappa shape index (κ3) is 4.71. The number of nitrogens with zero attached hydrogens (tertiary/aromatic N) is 1. The summed E-state index contributed by atoms with van der Waals surface area (Å²) < 4.78 is 21.3. The lowest BCUT2D eigenvalue weighted by Crippen LogP contribution is -2.45. The summed E-state index contributed by atoms with van der Waals surface area (Å²) in [7, 11) is 0. The molecule has 8 heteroatoms. The van der Waals surface area contributed by atoms with Crippen LogP contribution < -0.4 is 20.5 Å². The van der Waals surface area contributed by atoms with E-state index >= 15 is 0 Å². The van der Waals surface area contributed by atoms with Gasteiger partial charge in [-0.15, -0.1) is 0 Å². The number of benzene rings is 1. The van der Waals surface area contributed by atoms with Crippen LogP contribution >= 0.6 is 0 Å². The van der Waals surface area contributed by atoms with Crippen molar-refractivity contribution in [1.29, 1.82) is 0 Å². The number of ether oxygens (including phenoxy) is 3. The molecule has 0 saturated carbocycles. The van der Waals surface area contributed by atoms with Crippen molar-refractivity contribution >= 4 is 5.91 Å². The summed E-state index contributed by atoms with van der Waals surface area (Å²) in [6.07, 6.45) is 0. The summed E-state index contributed by atoms with van der Waals surface area (Å²) in [4.78, 5) is 12.0. The molecule has 0 fully saturated rings. The average Bonchev–Trinajstić information content (AvgIpc) is 3.20. The van der Waals surface area contributed by atoms with Crippen LogP contribution in [0.3, 0.4) is 0 Å². The first-order valence-corrected chi connectivity index (χ1v) is 7.90. The van der Waals surface area contributed by atoms with E-state index in [1.807, 2.05) is 32.0 Å². The van der Waals surface area contributed by atoms with Gasteiger partial charge in [-0.25, -0.2) is 0 Å². The van der Waals surface area contributed by atoms with Gasteiger partial charge in [0.15, 0.2) is 23.0 Å². The Morgan fingerprint density at radius 3 is 2.88 bits per heavy atom. The number of carbonyl (C=O) groups is 1. The maximum Gasteiger partial charge on any atom is 0.273 e. The molecule has 25 heavy (non-hydrogen) atoms. The van der Waals surface area contributed by atoms with Crippen LogP contribution in [0.4, 0.5) is 0 Å². The number of rotatable bonds is 7. The minimum absolute atomic E-state index is 0.200. The van der Waals surface area contributed by atoms with Crippen LogP contribution in [0.5, 0.6) is 11.5 Å². The molecular weight excluding hydrogens is 326 g/mol. The van der Waals surface area contributed by atoms with Gasteiger partial charge in [0.2, 0.25) is 6.79 Å². The number of fused-ring (bicyclic) bond motifs is 1. The maximum absolute atomic E-state index is 12.0. The Kier molecular flexibility index (Phi) is 4.91. The minimum atomic E-state index is -0.490. The van der Waals surface area contributed by atoms with Gasteiger partial charge in [-0.05, 0) is 31.5 Å². The Bertz CT molecular complexity index is 751. The molecule has 1 amide bonds. The van der Waals surface area contributed by atoms with Gasteiger partial charge < -0.3 is 29.8 Å². The van der Waals surface area contributed by atoms with Crippen LogP contribution in [0.15, 0.2) is 28.8 Å². The second-order valence-corrected chi connectivity index (χ2v) is 6.53. The highest BCUT2D eigenvalue weighted by Crippen LogP contribution is 2.32. The first-order chi connectivity index (χ1) is 11.9. The largest absolute Gasteiger partial charge is 0.454 e. The van der Waals surface area contributed by atoms with E-state index in [4.69, 9.17) is 24.5 Å². The lowest BCUT2D eigenvalue weighted by Gasteiger charge is -2.18. The fourth-order valence-electron chi connectivity index (χ4n) is 2.19. The Balaban J connectivity index is 1.48. The molecule has 8 nitrogen and oxygen atoms in total. The Labute approximate surface area is 145 Å². The highest BCUT2D eigenvalue weighted by atomic mass is 16.7. The lowest BCUT2D eigenvalue weighted by atomic mass is 10.1. The van der Waals surface area contributed by atoms with E-state index in [2.05, 4.69) is 10.5 Å². The van der Waals surface area contributed by atoms with Gasteiger partial charge >= 0.3 is 0 Å². The molecule has 134 valence electrons. The standard InChI is InChI=1S/C17H21N3O5/c1-17(2,18)9-19-16(21)13-6-12(25-20-13)8-22-7-11-3-4-14-15(5-11)24-10-23-14/h3-6H,7-10,18H2,1-2H3,(H,19,21). The van der Waals surface area contributed by atoms with E-state index in [9.17, 15) is 4.79 Å². The molecule has 1 aliphatic heterocycles.